The Kier molecular flexibility index (Phi) is 5.52. The van der Waals surface area contributed by atoms with Crippen LogP contribution in [0.1, 0.15) is 40.3 Å². The zero-order chi connectivity index (χ0) is 18.4. The lowest BCUT2D eigenvalue weighted by atomic mass is 10.1. The first-order valence-corrected chi connectivity index (χ1v) is 8.63. The molecular weight excluding hydrogens is 319 g/mol. The average Bonchev–Trinajstić information content (AvgIpc) is 2.67. The van der Waals surface area contributed by atoms with Crippen LogP contribution in [0.5, 0.6) is 0 Å². The van der Waals surface area contributed by atoms with Gasteiger partial charge in [-0.2, -0.15) is 0 Å². The van der Waals surface area contributed by atoms with Gasteiger partial charge in [-0.15, -0.1) is 0 Å². The molecule has 0 spiro atoms. The van der Waals surface area contributed by atoms with E-state index in [2.05, 4.69) is 30.6 Å². The molecule has 0 nitrogen and oxygen atoms in total. The summed E-state index contributed by atoms with van der Waals surface area (Å²) >= 11 is 0. The minimum Gasteiger partial charge on any atom is -0.206 e. The summed E-state index contributed by atoms with van der Waals surface area (Å²) in [5.41, 5.74) is 5.26. The van der Waals surface area contributed by atoms with Crippen LogP contribution >= 0.6 is 0 Å². The van der Waals surface area contributed by atoms with Gasteiger partial charge in [0.2, 0.25) is 0 Å². The molecule has 0 radical (unpaired) electrons. The SMILES string of the molecule is CCc1ccc(C#Cc2ccc(C#Cc3ccc(C)cc3)cc2F)cc1. The van der Waals surface area contributed by atoms with Crippen molar-refractivity contribution in [2.75, 3.05) is 0 Å². The first-order chi connectivity index (χ1) is 12.6. The molecule has 26 heavy (non-hydrogen) atoms. The molecule has 3 aromatic carbocycles. The molecular formula is C25H19F. The van der Waals surface area contributed by atoms with Gasteiger partial charge in [0.1, 0.15) is 5.82 Å². The second-order valence-electron chi connectivity index (χ2n) is 6.11. The van der Waals surface area contributed by atoms with Crippen LogP contribution in [0, 0.1) is 36.4 Å². The predicted octanol–water partition coefficient (Wildman–Crippen LogP) is 5.50. The number of hydrogen-bond donors (Lipinski definition) is 0. The maximum Gasteiger partial charge on any atom is 0.140 e. The van der Waals surface area contributed by atoms with Crippen molar-refractivity contribution in [3.8, 4) is 23.7 Å². The molecule has 0 aliphatic carbocycles. The first-order valence-electron chi connectivity index (χ1n) is 8.63. The number of benzene rings is 3. The molecule has 3 aromatic rings. The zero-order valence-corrected chi connectivity index (χ0v) is 14.9. The molecule has 126 valence electrons. The van der Waals surface area contributed by atoms with E-state index < -0.39 is 0 Å². The van der Waals surface area contributed by atoms with Gasteiger partial charge in [0.15, 0.2) is 0 Å². The van der Waals surface area contributed by atoms with Crippen LogP contribution in [0.4, 0.5) is 4.39 Å². The average molecular weight is 338 g/mol. The van der Waals surface area contributed by atoms with Crippen LogP contribution in [-0.2, 0) is 6.42 Å². The lowest BCUT2D eigenvalue weighted by molar-refractivity contribution is 0.624. The molecule has 1 heteroatoms. The lowest BCUT2D eigenvalue weighted by Gasteiger charge is -1.97. The van der Waals surface area contributed by atoms with Crippen molar-refractivity contribution in [3.63, 3.8) is 0 Å². The molecule has 3 rings (SSSR count). The van der Waals surface area contributed by atoms with Crippen molar-refractivity contribution >= 4 is 0 Å². The normalized spacial score (nSPS) is 9.65. The largest absolute Gasteiger partial charge is 0.206 e. The Bertz CT molecular complexity index is 1020. The highest BCUT2D eigenvalue weighted by Crippen LogP contribution is 2.10. The minimum absolute atomic E-state index is 0.349. The Morgan fingerprint density at radius 1 is 0.692 bits per heavy atom. The van der Waals surface area contributed by atoms with E-state index >= 15 is 0 Å². The number of halogens is 1. The summed E-state index contributed by atoms with van der Waals surface area (Å²) in [6.45, 7) is 4.14. The van der Waals surface area contributed by atoms with Crippen molar-refractivity contribution in [2.45, 2.75) is 20.3 Å². The predicted molar refractivity (Wildman–Crippen MR) is 105 cm³/mol. The van der Waals surface area contributed by atoms with Crippen LogP contribution in [0.25, 0.3) is 0 Å². The van der Waals surface area contributed by atoms with E-state index in [-0.39, 0.29) is 5.82 Å². The topological polar surface area (TPSA) is 0 Å². The summed E-state index contributed by atoms with van der Waals surface area (Å²) < 4.78 is 14.3. The van der Waals surface area contributed by atoms with Gasteiger partial charge in [-0.1, -0.05) is 60.4 Å². The Labute approximate surface area is 154 Å². The lowest BCUT2D eigenvalue weighted by Crippen LogP contribution is -1.86. The van der Waals surface area contributed by atoms with Crippen molar-refractivity contribution in [1.29, 1.82) is 0 Å². The molecule has 0 heterocycles. The van der Waals surface area contributed by atoms with Gasteiger partial charge in [-0.3, -0.25) is 0 Å². The number of hydrogen-bond acceptors (Lipinski definition) is 0. The van der Waals surface area contributed by atoms with Crippen molar-refractivity contribution in [2.24, 2.45) is 0 Å². The summed E-state index contributed by atoms with van der Waals surface area (Å²) in [4.78, 5) is 0. The van der Waals surface area contributed by atoms with E-state index in [1.807, 2.05) is 55.5 Å². The fraction of sp³-hybridized carbons (Fsp3) is 0.120. The summed E-state index contributed by atoms with van der Waals surface area (Å²) in [5.74, 6) is 11.6. The molecule has 0 saturated heterocycles. The monoisotopic (exact) mass is 338 g/mol. The second kappa shape index (κ2) is 8.19. The van der Waals surface area contributed by atoms with Crippen LogP contribution in [0.15, 0.2) is 66.7 Å². The Morgan fingerprint density at radius 2 is 1.23 bits per heavy atom. The third kappa shape index (κ3) is 4.62. The molecule has 0 atom stereocenters. The highest BCUT2D eigenvalue weighted by atomic mass is 19.1. The first kappa shape index (κ1) is 17.5. The molecule has 0 unspecified atom stereocenters. The maximum absolute atomic E-state index is 14.3. The van der Waals surface area contributed by atoms with Gasteiger partial charge < -0.3 is 0 Å². The van der Waals surface area contributed by atoms with Gasteiger partial charge in [0.05, 0.1) is 5.56 Å². The molecule has 0 aliphatic heterocycles. The fourth-order valence-corrected chi connectivity index (χ4v) is 2.44. The molecule has 0 amide bonds. The van der Waals surface area contributed by atoms with Crippen molar-refractivity contribution in [3.05, 3.63) is 106 Å². The van der Waals surface area contributed by atoms with E-state index in [1.165, 1.54) is 17.2 Å². The van der Waals surface area contributed by atoms with E-state index in [9.17, 15) is 4.39 Å². The molecule has 0 N–H and O–H groups in total. The summed E-state index contributed by atoms with van der Waals surface area (Å²) in [6.07, 6.45) is 0.993. The van der Waals surface area contributed by atoms with Crippen LogP contribution in [-0.4, -0.2) is 0 Å². The smallest absolute Gasteiger partial charge is 0.140 e. The van der Waals surface area contributed by atoms with Crippen LogP contribution in [0.3, 0.4) is 0 Å². The standard InChI is InChI=1S/C25H19F/c1-3-20-8-10-22(11-9-20)14-16-24-17-15-23(18-25(24)26)13-12-21-6-4-19(2)5-7-21/h4-11,15,17-18H,3H2,1-2H3. The van der Waals surface area contributed by atoms with Gasteiger partial charge in [-0.25, -0.2) is 4.39 Å². The number of aryl methyl sites for hydroxylation is 2. The molecule has 0 bridgehead atoms. The molecule has 0 aliphatic rings. The Hall–Kier alpha value is -3.29. The van der Waals surface area contributed by atoms with E-state index in [1.54, 1.807) is 12.1 Å². The van der Waals surface area contributed by atoms with Crippen LogP contribution in [0.2, 0.25) is 0 Å². The Balaban J connectivity index is 1.78. The zero-order valence-electron chi connectivity index (χ0n) is 14.9. The van der Waals surface area contributed by atoms with Gasteiger partial charge in [-0.05, 0) is 61.4 Å². The minimum atomic E-state index is -0.349. The fourth-order valence-electron chi connectivity index (χ4n) is 2.44. The second-order valence-corrected chi connectivity index (χ2v) is 6.11. The van der Waals surface area contributed by atoms with E-state index in [0.29, 0.717) is 11.1 Å². The summed E-state index contributed by atoms with van der Waals surface area (Å²) in [6, 6.07) is 20.9. The Morgan fingerprint density at radius 3 is 1.85 bits per heavy atom. The third-order valence-electron chi connectivity index (χ3n) is 4.08. The highest BCUT2D eigenvalue weighted by Gasteiger charge is 2.00. The summed E-state index contributed by atoms with van der Waals surface area (Å²) in [7, 11) is 0. The number of rotatable bonds is 1. The molecule has 0 aromatic heterocycles. The van der Waals surface area contributed by atoms with Gasteiger partial charge in [0, 0.05) is 16.7 Å². The van der Waals surface area contributed by atoms with Crippen LogP contribution < -0.4 is 0 Å². The van der Waals surface area contributed by atoms with E-state index in [4.69, 9.17) is 0 Å². The van der Waals surface area contributed by atoms with Gasteiger partial charge in [0.25, 0.3) is 0 Å². The quantitative estimate of drug-likeness (QED) is 0.514. The highest BCUT2D eigenvalue weighted by molar-refractivity contribution is 5.48. The molecule has 0 fully saturated rings. The van der Waals surface area contributed by atoms with Crippen molar-refractivity contribution in [1.82, 2.24) is 0 Å². The van der Waals surface area contributed by atoms with E-state index in [0.717, 1.165) is 17.5 Å². The van der Waals surface area contributed by atoms with Crippen molar-refractivity contribution < 1.29 is 4.39 Å². The van der Waals surface area contributed by atoms with Gasteiger partial charge >= 0.3 is 0 Å². The molecule has 0 saturated carbocycles. The third-order valence-corrected chi connectivity index (χ3v) is 4.08. The summed E-state index contributed by atoms with van der Waals surface area (Å²) in [5, 5.41) is 0. The maximum atomic E-state index is 14.3.